The molecule has 61 heavy (non-hydrogen) atoms. The van der Waals surface area contributed by atoms with Gasteiger partial charge in [-0.2, -0.15) is 0 Å². The molecule has 4 nitrogen and oxygen atoms in total. The lowest BCUT2D eigenvalue weighted by atomic mass is 10.0. The van der Waals surface area contributed by atoms with Gasteiger partial charge in [0.25, 0.3) is 0 Å². The second-order valence-corrected chi connectivity index (χ2v) is 18.3. The van der Waals surface area contributed by atoms with Crippen molar-refractivity contribution in [3.8, 4) is 0 Å². The minimum Gasteiger partial charge on any atom is -0.394 e. The summed E-state index contributed by atoms with van der Waals surface area (Å²) in [4.78, 5) is 12.4. The monoisotopic (exact) mass is 852 g/mol. The van der Waals surface area contributed by atoms with Gasteiger partial charge >= 0.3 is 0 Å². The predicted molar refractivity (Wildman–Crippen MR) is 271 cm³/mol. The van der Waals surface area contributed by atoms with Crippen molar-refractivity contribution in [1.29, 1.82) is 0 Å². The van der Waals surface area contributed by atoms with Crippen molar-refractivity contribution < 1.29 is 15.0 Å². The van der Waals surface area contributed by atoms with Crippen molar-refractivity contribution >= 4 is 5.91 Å². The molecule has 0 fully saturated rings. The van der Waals surface area contributed by atoms with E-state index in [9.17, 15) is 15.0 Å². The lowest BCUT2D eigenvalue weighted by Gasteiger charge is -2.20. The molecule has 3 N–H and O–H groups in total. The quantitative estimate of drug-likeness (QED) is 0.0422. The summed E-state index contributed by atoms with van der Waals surface area (Å²) in [7, 11) is 0. The third-order valence-corrected chi connectivity index (χ3v) is 12.3. The largest absolute Gasteiger partial charge is 0.394 e. The number of nitrogens with one attached hydrogen (secondary N) is 1. The van der Waals surface area contributed by atoms with Crippen molar-refractivity contribution in [2.45, 2.75) is 289 Å². The van der Waals surface area contributed by atoms with Crippen LogP contribution in [0.25, 0.3) is 0 Å². The van der Waals surface area contributed by atoms with Gasteiger partial charge in [-0.15, -0.1) is 0 Å². The highest BCUT2D eigenvalue weighted by Gasteiger charge is 2.18. The molecule has 0 aliphatic heterocycles. The number of hydrogen-bond acceptors (Lipinski definition) is 3. The maximum Gasteiger partial charge on any atom is 0.220 e. The van der Waals surface area contributed by atoms with Crippen molar-refractivity contribution in [2.24, 2.45) is 0 Å². The molecule has 0 aromatic carbocycles. The fraction of sp³-hybridized carbons (Fsp3) is 0.807. The van der Waals surface area contributed by atoms with Crippen LogP contribution >= 0.6 is 0 Å². The summed E-state index contributed by atoms with van der Waals surface area (Å²) >= 11 is 0. The summed E-state index contributed by atoms with van der Waals surface area (Å²) in [6.45, 7) is 4.21. The van der Waals surface area contributed by atoms with Gasteiger partial charge in [0.2, 0.25) is 5.91 Å². The van der Waals surface area contributed by atoms with Crippen LogP contribution in [-0.4, -0.2) is 34.9 Å². The van der Waals surface area contributed by atoms with Crippen LogP contribution in [0, 0.1) is 0 Å². The Morgan fingerprint density at radius 2 is 0.721 bits per heavy atom. The number of amides is 1. The number of rotatable bonds is 49. The lowest BCUT2D eigenvalue weighted by Crippen LogP contribution is -2.45. The molecule has 1 amide bonds. The van der Waals surface area contributed by atoms with Crippen LogP contribution in [0.5, 0.6) is 0 Å². The average Bonchev–Trinajstić information content (AvgIpc) is 3.26. The number of carbonyl (C=O) groups excluding carboxylic acids is 1. The van der Waals surface area contributed by atoms with Gasteiger partial charge in [-0.25, -0.2) is 0 Å². The Morgan fingerprint density at radius 3 is 1.08 bits per heavy atom. The summed E-state index contributed by atoms with van der Waals surface area (Å²) < 4.78 is 0. The SMILES string of the molecule is CC/C=C\C/C=C\C/C=C\C/C=C\CCCCCCCCC(=O)NC(CO)C(O)/C=C/CCCCCCCCCCCCCCCCCCCCCCCCCCCCCC. The van der Waals surface area contributed by atoms with E-state index in [0.717, 1.165) is 64.2 Å². The molecule has 0 radical (unpaired) electrons. The van der Waals surface area contributed by atoms with Crippen LogP contribution in [0.15, 0.2) is 60.8 Å². The highest BCUT2D eigenvalue weighted by Crippen LogP contribution is 2.17. The Hall–Kier alpha value is -1.91. The second-order valence-electron chi connectivity index (χ2n) is 18.3. The van der Waals surface area contributed by atoms with Gasteiger partial charge in [0, 0.05) is 6.42 Å². The summed E-state index contributed by atoms with van der Waals surface area (Å²) in [5, 5.41) is 23.1. The molecule has 0 rings (SSSR count). The molecule has 4 heteroatoms. The summed E-state index contributed by atoms with van der Waals surface area (Å²) in [6.07, 6.45) is 73.8. The molecule has 0 spiro atoms. The number of unbranched alkanes of at least 4 members (excludes halogenated alkanes) is 34. The third-order valence-electron chi connectivity index (χ3n) is 12.3. The topological polar surface area (TPSA) is 69.6 Å². The van der Waals surface area contributed by atoms with Gasteiger partial charge in [-0.05, 0) is 57.8 Å². The van der Waals surface area contributed by atoms with E-state index >= 15 is 0 Å². The van der Waals surface area contributed by atoms with E-state index in [1.165, 1.54) is 193 Å². The van der Waals surface area contributed by atoms with E-state index in [4.69, 9.17) is 0 Å². The third kappa shape index (κ3) is 49.0. The zero-order valence-corrected chi connectivity index (χ0v) is 40.9. The normalized spacial score (nSPS) is 13.3. The summed E-state index contributed by atoms with van der Waals surface area (Å²) in [5.41, 5.74) is 0. The second kappa shape index (κ2) is 52.4. The maximum atomic E-state index is 12.4. The standard InChI is InChI=1S/C57H105NO3/c1-3-5-7-9-11-13-15-17-19-21-23-24-25-26-27-28-29-30-31-32-33-35-36-38-40-42-44-46-48-50-52-56(60)55(54-59)58-57(61)53-51-49-47-45-43-41-39-37-34-22-20-18-16-14-12-10-8-6-4-2/h6,8,12,14,18,20,34,37,50,52,55-56,59-60H,3-5,7,9-11,13,15-17,19,21-33,35-36,38-49,51,53-54H2,1-2H3,(H,58,61)/b8-6-,14-12-,20-18-,37-34-,52-50+. The molecule has 0 aliphatic rings. The van der Waals surface area contributed by atoms with Gasteiger partial charge in [-0.3, -0.25) is 4.79 Å². The highest BCUT2D eigenvalue weighted by atomic mass is 16.3. The van der Waals surface area contributed by atoms with Gasteiger partial charge in [-0.1, -0.05) is 274 Å². The van der Waals surface area contributed by atoms with Crippen LogP contribution in [0.3, 0.4) is 0 Å². The van der Waals surface area contributed by atoms with Crippen LogP contribution < -0.4 is 5.32 Å². The van der Waals surface area contributed by atoms with Gasteiger partial charge in [0.15, 0.2) is 0 Å². The van der Waals surface area contributed by atoms with Gasteiger partial charge in [0.1, 0.15) is 0 Å². The van der Waals surface area contributed by atoms with Crippen molar-refractivity contribution in [2.75, 3.05) is 6.61 Å². The van der Waals surface area contributed by atoms with Gasteiger partial charge < -0.3 is 15.5 Å². The van der Waals surface area contributed by atoms with E-state index in [1.807, 2.05) is 6.08 Å². The number of allylic oxidation sites excluding steroid dienone is 9. The minimum atomic E-state index is -0.849. The van der Waals surface area contributed by atoms with E-state index < -0.39 is 12.1 Å². The first-order valence-corrected chi connectivity index (χ1v) is 27.0. The van der Waals surface area contributed by atoms with E-state index in [2.05, 4.69) is 67.8 Å². The van der Waals surface area contributed by atoms with E-state index in [0.29, 0.717) is 6.42 Å². The van der Waals surface area contributed by atoms with Crippen LogP contribution in [0.1, 0.15) is 277 Å². The number of carbonyl (C=O) groups is 1. The molecule has 0 aromatic heterocycles. The zero-order valence-electron chi connectivity index (χ0n) is 40.9. The Kier molecular flexibility index (Phi) is 50.8. The Balaban J connectivity index is 3.50. The first kappa shape index (κ1) is 59.1. The highest BCUT2D eigenvalue weighted by molar-refractivity contribution is 5.76. The molecule has 356 valence electrons. The Labute approximate surface area is 381 Å². The molecule has 0 heterocycles. The predicted octanol–water partition coefficient (Wildman–Crippen LogP) is 17.6. The zero-order chi connectivity index (χ0) is 44.2. The summed E-state index contributed by atoms with van der Waals surface area (Å²) in [5.74, 6) is -0.0772. The van der Waals surface area contributed by atoms with Crippen LogP contribution in [0.4, 0.5) is 0 Å². The lowest BCUT2D eigenvalue weighted by molar-refractivity contribution is -0.123. The molecule has 0 aliphatic carbocycles. The molecule has 0 saturated carbocycles. The summed E-state index contributed by atoms with van der Waals surface area (Å²) in [6, 6.07) is -0.634. The molecule has 0 bridgehead atoms. The minimum absolute atomic E-state index is 0.0772. The molecule has 2 unspecified atom stereocenters. The van der Waals surface area contributed by atoms with E-state index in [1.54, 1.807) is 6.08 Å². The molecule has 0 aromatic rings. The Morgan fingerprint density at radius 1 is 0.410 bits per heavy atom. The first-order chi connectivity index (χ1) is 30.2. The molecular formula is C57H105NO3. The number of aliphatic hydroxyl groups excluding tert-OH is 2. The maximum absolute atomic E-state index is 12.4. The molecular weight excluding hydrogens is 747 g/mol. The molecule has 2 atom stereocenters. The fourth-order valence-electron chi connectivity index (χ4n) is 8.17. The fourth-order valence-corrected chi connectivity index (χ4v) is 8.17. The van der Waals surface area contributed by atoms with Crippen LogP contribution in [-0.2, 0) is 4.79 Å². The Bertz CT molecular complexity index is 1010. The number of hydrogen-bond donors (Lipinski definition) is 3. The molecule has 0 saturated heterocycles. The van der Waals surface area contributed by atoms with Gasteiger partial charge in [0.05, 0.1) is 18.8 Å². The average molecular weight is 852 g/mol. The smallest absolute Gasteiger partial charge is 0.220 e. The number of aliphatic hydroxyl groups is 2. The van der Waals surface area contributed by atoms with E-state index in [-0.39, 0.29) is 12.5 Å². The van der Waals surface area contributed by atoms with Crippen molar-refractivity contribution in [1.82, 2.24) is 5.32 Å². The van der Waals surface area contributed by atoms with Crippen molar-refractivity contribution in [3.63, 3.8) is 0 Å². The van der Waals surface area contributed by atoms with Crippen molar-refractivity contribution in [3.05, 3.63) is 60.8 Å². The van der Waals surface area contributed by atoms with Crippen LogP contribution in [0.2, 0.25) is 0 Å². The first-order valence-electron chi connectivity index (χ1n) is 27.0.